The number of carbonyl (C=O) groups is 3. The summed E-state index contributed by atoms with van der Waals surface area (Å²) in [5, 5.41) is 3.29. The molecule has 2 aromatic rings. The zero-order valence-electron chi connectivity index (χ0n) is 16.7. The number of rotatable bonds is 4. The summed E-state index contributed by atoms with van der Waals surface area (Å²) < 4.78 is 5.29. The van der Waals surface area contributed by atoms with Crippen LogP contribution in [-0.2, 0) is 19.1 Å². The molecule has 6 nitrogen and oxygen atoms in total. The van der Waals surface area contributed by atoms with Gasteiger partial charge in [0.05, 0.1) is 24.1 Å². The first-order valence-electron chi connectivity index (χ1n) is 9.83. The summed E-state index contributed by atoms with van der Waals surface area (Å²) in [6, 6.07) is 16.2. The molecule has 0 unspecified atom stereocenters. The summed E-state index contributed by atoms with van der Waals surface area (Å²) in [6.07, 6.45) is 0. The molecule has 6 heteroatoms. The molecule has 2 heterocycles. The van der Waals surface area contributed by atoms with Crippen LogP contribution in [0.15, 0.2) is 54.6 Å². The van der Waals surface area contributed by atoms with Crippen molar-refractivity contribution in [3.05, 3.63) is 65.7 Å². The topological polar surface area (TPSA) is 75.7 Å². The molecule has 1 N–H and O–H groups in total. The molecule has 0 bridgehead atoms. The van der Waals surface area contributed by atoms with Crippen LogP contribution in [0.3, 0.4) is 0 Å². The van der Waals surface area contributed by atoms with Gasteiger partial charge in [-0.15, -0.1) is 0 Å². The van der Waals surface area contributed by atoms with Gasteiger partial charge in [0.2, 0.25) is 11.8 Å². The lowest BCUT2D eigenvalue weighted by Crippen LogP contribution is -2.54. The Labute approximate surface area is 169 Å². The largest absolute Gasteiger partial charge is 0.465 e. The summed E-state index contributed by atoms with van der Waals surface area (Å²) in [5.74, 6) is -2.69. The second kappa shape index (κ2) is 7.12. The molecular weight excluding hydrogens is 368 g/mol. The Balaban J connectivity index is 1.82. The van der Waals surface area contributed by atoms with Crippen molar-refractivity contribution in [2.45, 2.75) is 32.4 Å². The molecule has 2 amide bonds. The number of carbonyl (C=O) groups excluding carboxylic acids is 3. The molecule has 2 aliphatic rings. The van der Waals surface area contributed by atoms with Crippen LogP contribution in [0.25, 0.3) is 0 Å². The number of esters is 1. The Morgan fingerprint density at radius 3 is 2.48 bits per heavy atom. The van der Waals surface area contributed by atoms with Crippen LogP contribution in [0.5, 0.6) is 0 Å². The van der Waals surface area contributed by atoms with E-state index < -0.39 is 29.4 Å². The third kappa shape index (κ3) is 2.95. The second-order valence-corrected chi connectivity index (χ2v) is 7.81. The van der Waals surface area contributed by atoms with E-state index in [1.165, 1.54) is 4.90 Å². The first-order chi connectivity index (χ1) is 13.9. The predicted molar refractivity (Wildman–Crippen MR) is 108 cm³/mol. The average molecular weight is 392 g/mol. The third-order valence-corrected chi connectivity index (χ3v) is 5.90. The zero-order valence-corrected chi connectivity index (χ0v) is 16.7. The molecule has 0 spiro atoms. The van der Waals surface area contributed by atoms with E-state index in [-0.39, 0.29) is 18.4 Å². The number of nitrogens with one attached hydrogen (secondary N) is 1. The number of anilines is 1. The van der Waals surface area contributed by atoms with Crippen LogP contribution >= 0.6 is 0 Å². The van der Waals surface area contributed by atoms with Gasteiger partial charge >= 0.3 is 5.97 Å². The first kappa shape index (κ1) is 19.3. The Morgan fingerprint density at radius 2 is 1.83 bits per heavy atom. The summed E-state index contributed by atoms with van der Waals surface area (Å²) in [4.78, 5) is 41.0. The fraction of sp³-hybridized carbons (Fsp3) is 0.348. The standard InChI is InChI=1S/C23H24N2O4/c1-4-29-22(28)23(3)18-17(19(24-23)15-10-8-9-14(2)13-15)20(26)25(21(18)27)16-11-6-5-7-12-16/h5-13,17-19,24H,4H2,1-3H3/t17-,18-,19-,23-/m1/s1. The summed E-state index contributed by atoms with van der Waals surface area (Å²) in [6.45, 7) is 5.56. The highest BCUT2D eigenvalue weighted by Gasteiger charge is 2.67. The maximum atomic E-state index is 13.4. The van der Waals surface area contributed by atoms with E-state index in [1.807, 2.05) is 37.3 Å². The van der Waals surface area contributed by atoms with Crippen LogP contribution in [0.1, 0.15) is 31.0 Å². The highest BCUT2D eigenvalue weighted by Crippen LogP contribution is 2.50. The van der Waals surface area contributed by atoms with Gasteiger partial charge in [-0.25, -0.2) is 4.90 Å². The molecule has 4 atom stereocenters. The van der Waals surface area contributed by atoms with Gasteiger partial charge in [0.1, 0.15) is 5.54 Å². The SMILES string of the molecule is CCOC(=O)[C@]1(C)N[C@H](c2cccc(C)c2)[C@@H]2C(=O)N(c3ccccc3)C(=O)[C@@H]21. The fourth-order valence-corrected chi connectivity index (χ4v) is 4.59. The Hall–Kier alpha value is -2.99. The molecule has 2 aliphatic heterocycles. The van der Waals surface area contributed by atoms with Crippen molar-refractivity contribution in [1.29, 1.82) is 0 Å². The molecule has 2 fully saturated rings. The number of benzene rings is 2. The Kier molecular flexibility index (Phi) is 4.74. The molecular formula is C23H24N2O4. The van der Waals surface area contributed by atoms with Gasteiger partial charge < -0.3 is 4.74 Å². The second-order valence-electron chi connectivity index (χ2n) is 7.81. The lowest BCUT2D eigenvalue weighted by atomic mass is 9.80. The lowest BCUT2D eigenvalue weighted by molar-refractivity contribution is -0.153. The zero-order chi connectivity index (χ0) is 20.8. The van der Waals surface area contributed by atoms with Crippen LogP contribution in [0.2, 0.25) is 0 Å². The van der Waals surface area contributed by atoms with E-state index in [4.69, 9.17) is 4.74 Å². The van der Waals surface area contributed by atoms with Gasteiger partial charge in [0.15, 0.2) is 0 Å². The predicted octanol–water partition coefficient (Wildman–Crippen LogP) is 2.77. The van der Waals surface area contributed by atoms with Gasteiger partial charge in [0.25, 0.3) is 0 Å². The maximum absolute atomic E-state index is 13.4. The van der Waals surface area contributed by atoms with Crippen molar-refractivity contribution in [2.75, 3.05) is 11.5 Å². The molecule has 0 aliphatic carbocycles. The van der Waals surface area contributed by atoms with Gasteiger partial charge in [-0.05, 0) is 38.5 Å². The van der Waals surface area contributed by atoms with E-state index in [0.29, 0.717) is 5.69 Å². The number of imide groups is 1. The average Bonchev–Trinajstić information content (AvgIpc) is 3.17. The number of fused-ring (bicyclic) bond motifs is 1. The normalized spacial score (nSPS) is 28.5. The van der Waals surface area contributed by atoms with Crippen molar-refractivity contribution in [3.8, 4) is 0 Å². The number of para-hydroxylation sites is 1. The van der Waals surface area contributed by atoms with Crippen molar-refractivity contribution in [1.82, 2.24) is 5.32 Å². The maximum Gasteiger partial charge on any atom is 0.326 e. The summed E-state index contributed by atoms with van der Waals surface area (Å²) in [5.41, 5.74) is 1.16. The van der Waals surface area contributed by atoms with Crippen molar-refractivity contribution in [2.24, 2.45) is 11.8 Å². The Bertz CT molecular complexity index is 974. The van der Waals surface area contributed by atoms with E-state index in [1.54, 1.807) is 38.1 Å². The molecule has 2 saturated heterocycles. The van der Waals surface area contributed by atoms with E-state index in [0.717, 1.165) is 11.1 Å². The van der Waals surface area contributed by atoms with E-state index in [9.17, 15) is 14.4 Å². The molecule has 0 radical (unpaired) electrons. The molecule has 0 saturated carbocycles. The first-order valence-corrected chi connectivity index (χ1v) is 9.83. The number of hydrogen-bond acceptors (Lipinski definition) is 5. The Morgan fingerprint density at radius 1 is 1.10 bits per heavy atom. The van der Waals surface area contributed by atoms with Crippen molar-refractivity contribution >= 4 is 23.5 Å². The minimum atomic E-state index is -1.29. The monoisotopic (exact) mass is 392 g/mol. The molecule has 4 rings (SSSR count). The number of ether oxygens (including phenoxy) is 1. The minimum Gasteiger partial charge on any atom is -0.465 e. The number of amides is 2. The minimum absolute atomic E-state index is 0.202. The molecule has 2 aromatic carbocycles. The molecule has 150 valence electrons. The van der Waals surface area contributed by atoms with Gasteiger partial charge in [-0.3, -0.25) is 19.7 Å². The van der Waals surface area contributed by atoms with Gasteiger partial charge in [0, 0.05) is 6.04 Å². The highest BCUT2D eigenvalue weighted by atomic mass is 16.5. The van der Waals surface area contributed by atoms with Gasteiger partial charge in [-0.2, -0.15) is 0 Å². The van der Waals surface area contributed by atoms with Crippen LogP contribution in [-0.4, -0.2) is 29.9 Å². The molecule has 0 aromatic heterocycles. The molecule has 29 heavy (non-hydrogen) atoms. The van der Waals surface area contributed by atoms with Gasteiger partial charge in [-0.1, -0.05) is 48.0 Å². The van der Waals surface area contributed by atoms with Crippen LogP contribution < -0.4 is 10.2 Å². The van der Waals surface area contributed by atoms with Crippen molar-refractivity contribution in [3.63, 3.8) is 0 Å². The van der Waals surface area contributed by atoms with Crippen LogP contribution in [0, 0.1) is 18.8 Å². The third-order valence-electron chi connectivity index (χ3n) is 5.90. The fourth-order valence-electron chi connectivity index (χ4n) is 4.59. The van der Waals surface area contributed by atoms with E-state index >= 15 is 0 Å². The summed E-state index contributed by atoms with van der Waals surface area (Å²) in [7, 11) is 0. The summed E-state index contributed by atoms with van der Waals surface area (Å²) >= 11 is 0. The highest BCUT2D eigenvalue weighted by molar-refractivity contribution is 6.24. The van der Waals surface area contributed by atoms with E-state index in [2.05, 4.69) is 5.32 Å². The quantitative estimate of drug-likeness (QED) is 0.640. The number of hydrogen-bond donors (Lipinski definition) is 1. The lowest BCUT2D eigenvalue weighted by Gasteiger charge is -2.29. The number of aryl methyl sites for hydroxylation is 1. The van der Waals surface area contributed by atoms with Crippen LogP contribution in [0.4, 0.5) is 5.69 Å². The van der Waals surface area contributed by atoms with Crippen molar-refractivity contribution < 1.29 is 19.1 Å². The number of nitrogens with zero attached hydrogens (tertiary/aromatic N) is 1. The smallest absolute Gasteiger partial charge is 0.326 e.